The van der Waals surface area contributed by atoms with Gasteiger partial charge < -0.3 is 10.8 Å². The van der Waals surface area contributed by atoms with E-state index in [-0.39, 0.29) is 12.2 Å². The molecule has 6 heteroatoms. The molecule has 0 atom stereocenters. The van der Waals surface area contributed by atoms with Gasteiger partial charge in [0.2, 0.25) is 0 Å². The van der Waals surface area contributed by atoms with Crippen molar-refractivity contribution in [3.8, 4) is 0 Å². The van der Waals surface area contributed by atoms with Gasteiger partial charge in [-0.25, -0.2) is 0 Å². The Bertz CT molecular complexity index is 659. The Morgan fingerprint density at radius 3 is 2.84 bits per heavy atom. The van der Waals surface area contributed by atoms with Crippen LogP contribution in [0.15, 0.2) is 27.7 Å². The van der Waals surface area contributed by atoms with E-state index in [1.54, 1.807) is 24.3 Å². The molecule has 2 aromatic rings. The number of hydrogen-bond donors (Lipinski definition) is 2. The van der Waals surface area contributed by atoms with E-state index in [2.05, 4.69) is 0 Å². The van der Waals surface area contributed by atoms with Crippen LogP contribution < -0.4 is 11.3 Å². The standard InChI is InChI=1S/C13H14N2O3S/c1-8-4-10(5-9-2-3-19-7-9)12(14)13(18)15(8)6-11(16)17/h2-4,7H,5-6,14H2,1H3,(H,16,17). The molecule has 2 heterocycles. The van der Waals surface area contributed by atoms with Gasteiger partial charge in [-0.1, -0.05) is 0 Å². The van der Waals surface area contributed by atoms with E-state index in [0.29, 0.717) is 12.1 Å². The van der Waals surface area contributed by atoms with Gasteiger partial charge in [0.25, 0.3) is 5.56 Å². The molecule has 0 radical (unpaired) electrons. The van der Waals surface area contributed by atoms with E-state index in [4.69, 9.17) is 10.8 Å². The minimum absolute atomic E-state index is 0.123. The number of rotatable bonds is 4. The molecule has 0 bridgehead atoms. The average Bonchev–Trinajstić information content (AvgIpc) is 2.84. The molecule has 0 aliphatic rings. The van der Waals surface area contributed by atoms with Crippen molar-refractivity contribution in [1.29, 1.82) is 0 Å². The minimum atomic E-state index is -1.06. The summed E-state index contributed by atoms with van der Waals surface area (Å²) >= 11 is 1.58. The number of carboxylic acid groups (broad SMARTS) is 1. The van der Waals surface area contributed by atoms with Gasteiger partial charge in [0.1, 0.15) is 12.2 Å². The number of nitrogen functional groups attached to an aromatic ring is 1. The molecule has 19 heavy (non-hydrogen) atoms. The van der Waals surface area contributed by atoms with E-state index in [1.807, 2.05) is 16.8 Å². The summed E-state index contributed by atoms with van der Waals surface area (Å²) in [6.45, 7) is 1.34. The fourth-order valence-corrected chi connectivity index (χ4v) is 2.61. The molecule has 0 aromatic carbocycles. The summed E-state index contributed by atoms with van der Waals surface area (Å²) in [6, 6.07) is 3.75. The number of anilines is 1. The second-order valence-electron chi connectivity index (χ2n) is 4.32. The monoisotopic (exact) mass is 278 g/mol. The van der Waals surface area contributed by atoms with Crippen LogP contribution in [0.3, 0.4) is 0 Å². The van der Waals surface area contributed by atoms with Crippen molar-refractivity contribution in [1.82, 2.24) is 4.57 Å². The number of thiophene rings is 1. The highest BCUT2D eigenvalue weighted by Crippen LogP contribution is 2.17. The molecule has 0 saturated carbocycles. The van der Waals surface area contributed by atoms with Crippen LogP contribution in [-0.2, 0) is 17.8 Å². The van der Waals surface area contributed by atoms with Crippen LogP contribution >= 0.6 is 11.3 Å². The molecule has 0 aliphatic carbocycles. The number of carboxylic acids is 1. The summed E-state index contributed by atoms with van der Waals surface area (Å²) in [6.07, 6.45) is 0.583. The first-order valence-corrected chi connectivity index (χ1v) is 6.65. The summed E-state index contributed by atoms with van der Waals surface area (Å²) in [7, 11) is 0. The van der Waals surface area contributed by atoms with E-state index >= 15 is 0 Å². The van der Waals surface area contributed by atoms with Crippen LogP contribution in [0.5, 0.6) is 0 Å². The maximum atomic E-state index is 12.1. The lowest BCUT2D eigenvalue weighted by Crippen LogP contribution is -2.29. The SMILES string of the molecule is Cc1cc(Cc2ccsc2)c(N)c(=O)n1CC(=O)O. The van der Waals surface area contributed by atoms with E-state index < -0.39 is 11.5 Å². The maximum absolute atomic E-state index is 12.1. The van der Waals surface area contributed by atoms with E-state index in [9.17, 15) is 9.59 Å². The number of aromatic nitrogens is 1. The van der Waals surface area contributed by atoms with Crippen LogP contribution in [0.25, 0.3) is 0 Å². The Hall–Kier alpha value is -2.08. The molecule has 0 unspecified atom stereocenters. The molecule has 3 N–H and O–H groups in total. The van der Waals surface area contributed by atoms with E-state index in [0.717, 1.165) is 11.1 Å². The zero-order valence-corrected chi connectivity index (χ0v) is 11.2. The molecular formula is C13H14N2O3S. The smallest absolute Gasteiger partial charge is 0.323 e. The third-order valence-corrected chi connectivity index (χ3v) is 3.63. The predicted octanol–water partition coefficient (Wildman–Crippen LogP) is 1.48. The van der Waals surface area contributed by atoms with Gasteiger partial charge in [-0.2, -0.15) is 11.3 Å². The van der Waals surface area contributed by atoms with Crippen molar-refractivity contribution >= 4 is 23.0 Å². The summed E-state index contributed by atoms with van der Waals surface area (Å²) in [4.78, 5) is 22.8. The molecule has 2 rings (SSSR count). The highest BCUT2D eigenvalue weighted by molar-refractivity contribution is 7.07. The van der Waals surface area contributed by atoms with Crippen LogP contribution in [0.4, 0.5) is 5.69 Å². The number of nitrogens with two attached hydrogens (primary N) is 1. The first kappa shape index (κ1) is 13.4. The number of carbonyl (C=O) groups is 1. The van der Waals surface area contributed by atoms with Crippen LogP contribution in [0, 0.1) is 6.92 Å². The summed E-state index contributed by atoms with van der Waals surface area (Å²) in [5.74, 6) is -1.06. The minimum Gasteiger partial charge on any atom is -0.480 e. The van der Waals surface area contributed by atoms with E-state index in [1.165, 1.54) is 4.57 Å². The molecule has 0 amide bonds. The number of hydrogen-bond acceptors (Lipinski definition) is 4. The number of aryl methyl sites for hydroxylation is 1. The molecule has 2 aromatic heterocycles. The summed E-state index contributed by atoms with van der Waals surface area (Å²) < 4.78 is 1.18. The number of nitrogens with zero attached hydrogens (tertiary/aromatic N) is 1. The summed E-state index contributed by atoms with van der Waals surface area (Å²) in [5, 5.41) is 12.7. The van der Waals surface area contributed by atoms with Gasteiger partial charge in [0.05, 0.1) is 0 Å². The zero-order valence-electron chi connectivity index (χ0n) is 10.4. The lowest BCUT2D eigenvalue weighted by Gasteiger charge is -2.12. The average molecular weight is 278 g/mol. The van der Waals surface area contributed by atoms with Crippen molar-refractivity contribution in [3.63, 3.8) is 0 Å². The molecule has 5 nitrogen and oxygen atoms in total. The third-order valence-electron chi connectivity index (χ3n) is 2.90. The van der Waals surface area contributed by atoms with Crippen molar-refractivity contribution in [2.24, 2.45) is 0 Å². The normalized spacial score (nSPS) is 10.6. The van der Waals surface area contributed by atoms with Crippen molar-refractivity contribution in [2.45, 2.75) is 19.9 Å². The van der Waals surface area contributed by atoms with Crippen LogP contribution in [0.1, 0.15) is 16.8 Å². The highest BCUT2D eigenvalue weighted by Gasteiger charge is 2.12. The molecule has 0 saturated heterocycles. The number of aliphatic carboxylic acids is 1. The predicted molar refractivity (Wildman–Crippen MR) is 74.6 cm³/mol. The second-order valence-corrected chi connectivity index (χ2v) is 5.10. The first-order chi connectivity index (χ1) is 8.99. The topological polar surface area (TPSA) is 85.3 Å². The second kappa shape index (κ2) is 5.27. The van der Waals surface area contributed by atoms with Crippen molar-refractivity contribution < 1.29 is 9.90 Å². The lowest BCUT2D eigenvalue weighted by molar-refractivity contribution is -0.137. The third kappa shape index (κ3) is 2.85. The highest BCUT2D eigenvalue weighted by atomic mass is 32.1. The van der Waals surface area contributed by atoms with Crippen LogP contribution in [-0.4, -0.2) is 15.6 Å². The maximum Gasteiger partial charge on any atom is 0.323 e. The van der Waals surface area contributed by atoms with Gasteiger partial charge in [-0.3, -0.25) is 14.2 Å². The van der Waals surface area contributed by atoms with Crippen molar-refractivity contribution in [2.75, 3.05) is 5.73 Å². The molecule has 0 aliphatic heterocycles. The van der Waals surface area contributed by atoms with Gasteiger partial charge in [-0.15, -0.1) is 0 Å². The Labute approximate surface area is 113 Å². The Balaban J connectivity index is 2.43. The fraction of sp³-hybridized carbons (Fsp3) is 0.231. The molecule has 0 fully saturated rings. The first-order valence-electron chi connectivity index (χ1n) is 5.70. The van der Waals surface area contributed by atoms with Gasteiger partial charge in [0.15, 0.2) is 0 Å². The largest absolute Gasteiger partial charge is 0.480 e. The fourth-order valence-electron chi connectivity index (χ4n) is 1.94. The molecule has 0 spiro atoms. The zero-order chi connectivity index (χ0) is 14.0. The Kier molecular flexibility index (Phi) is 3.71. The number of pyridine rings is 1. The van der Waals surface area contributed by atoms with Crippen molar-refractivity contribution in [3.05, 3.63) is 50.1 Å². The van der Waals surface area contributed by atoms with Gasteiger partial charge >= 0.3 is 5.97 Å². The Morgan fingerprint density at radius 1 is 1.53 bits per heavy atom. The Morgan fingerprint density at radius 2 is 2.26 bits per heavy atom. The summed E-state index contributed by atoms with van der Waals surface area (Å²) in [5.41, 5.74) is 7.94. The van der Waals surface area contributed by atoms with Gasteiger partial charge in [-0.05, 0) is 40.9 Å². The lowest BCUT2D eigenvalue weighted by atomic mass is 10.1. The molecule has 100 valence electrons. The van der Waals surface area contributed by atoms with Crippen LogP contribution in [0.2, 0.25) is 0 Å². The quantitative estimate of drug-likeness (QED) is 0.887. The van der Waals surface area contributed by atoms with Gasteiger partial charge in [0, 0.05) is 12.1 Å². The molecular weight excluding hydrogens is 264 g/mol.